The van der Waals surface area contributed by atoms with E-state index in [1.807, 2.05) is 29.8 Å². The lowest BCUT2D eigenvalue weighted by Gasteiger charge is -2.09. The molecule has 120 valence electrons. The highest BCUT2D eigenvalue weighted by molar-refractivity contribution is 6.42. The summed E-state index contributed by atoms with van der Waals surface area (Å²) in [5.41, 5.74) is 8.36. The zero-order valence-corrected chi connectivity index (χ0v) is 14.0. The second kappa shape index (κ2) is 6.56. The number of halogens is 2. The maximum absolute atomic E-state index is 5.95. The van der Waals surface area contributed by atoms with Gasteiger partial charge in [0, 0.05) is 18.8 Å². The Morgan fingerprint density at radius 2 is 2.00 bits per heavy atom. The number of ether oxygens (including phenoxy) is 1. The molecular weight excluding hydrogens is 335 g/mol. The summed E-state index contributed by atoms with van der Waals surface area (Å²) in [6, 6.07) is 10.9. The summed E-state index contributed by atoms with van der Waals surface area (Å²) in [5.74, 6) is 1.45. The smallest absolute Gasteiger partial charge is 0.203 e. The second-order valence-corrected chi connectivity index (χ2v) is 5.91. The van der Waals surface area contributed by atoms with Gasteiger partial charge in [-0.1, -0.05) is 23.2 Å². The first-order chi connectivity index (χ1) is 11.0. The third-order valence-electron chi connectivity index (χ3n) is 3.45. The number of nitrogens with two attached hydrogens (primary N) is 1. The minimum Gasteiger partial charge on any atom is -0.492 e. The van der Waals surface area contributed by atoms with E-state index in [0.29, 0.717) is 34.6 Å². The normalized spacial score (nSPS) is 10.9. The zero-order valence-electron chi connectivity index (χ0n) is 12.5. The fraction of sp³-hybridized carbons (Fsp3) is 0.188. The van der Waals surface area contributed by atoms with Gasteiger partial charge in [0.1, 0.15) is 12.4 Å². The molecule has 0 spiro atoms. The SMILES string of the molecule is Cn1c(NCCOc2ccc(Cl)c(Cl)c2)nc2cc(N)ccc21. The minimum absolute atomic E-state index is 0.476. The molecule has 0 aliphatic rings. The Morgan fingerprint density at radius 1 is 1.17 bits per heavy atom. The fourth-order valence-electron chi connectivity index (χ4n) is 2.27. The van der Waals surface area contributed by atoms with Crippen molar-refractivity contribution in [2.24, 2.45) is 7.05 Å². The van der Waals surface area contributed by atoms with Crippen LogP contribution in [0.25, 0.3) is 11.0 Å². The number of hydrogen-bond donors (Lipinski definition) is 2. The minimum atomic E-state index is 0.476. The van der Waals surface area contributed by atoms with Crippen molar-refractivity contribution in [3.63, 3.8) is 0 Å². The average molecular weight is 351 g/mol. The predicted molar refractivity (Wildman–Crippen MR) is 95.6 cm³/mol. The number of nitrogens with zero attached hydrogens (tertiary/aromatic N) is 2. The van der Waals surface area contributed by atoms with Gasteiger partial charge in [0.25, 0.3) is 0 Å². The van der Waals surface area contributed by atoms with Crippen LogP contribution < -0.4 is 15.8 Å². The van der Waals surface area contributed by atoms with Crippen LogP contribution >= 0.6 is 23.2 Å². The molecule has 1 heterocycles. The number of aryl methyl sites for hydroxylation is 1. The van der Waals surface area contributed by atoms with Crippen molar-refractivity contribution in [1.82, 2.24) is 9.55 Å². The lowest BCUT2D eigenvalue weighted by molar-refractivity contribution is 0.332. The van der Waals surface area contributed by atoms with Gasteiger partial charge >= 0.3 is 0 Å². The largest absolute Gasteiger partial charge is 0.492 e. The van der Waals surface area contributed by atoms with E-state index in [4.69, 9.17) is 33.7 Å². The van der Waals surface area contributed by atoms with Gasteiger partial charge in [0.15, 0.2) is 0 Å². The molecule has 0 aliphatic carbocycles. The van der Waals surface area contributed by atoms with Crippen LogP contribution in [0.5, 0.6) is 5.75 Å². The van der Waals surface area contributed by atoms with E-state index >= 15 is 0 Å². The van der Waals surface area contributed by atoms with E-state index in [1.165, 1.54) is 0 Å². The van der Waals surface area contributed by atoms with E-state index in [2.05, 4.69) is 10.3 Å². The first kappa shape index (κ1) is 15.8. The van der Waals surface area contributed by atoms with Crippen LogP contribution in [0.4, 0.5) is 11.6 Å². The summed E-state index contributed by atoms with van der Waals surface area (Å²) in [7, 11) is 1.95. The van der Waals surface area contributed by atoms with E-state index in [1.54, 1.807) is 18.2 Å². The molecule has 3 N–H and O–H groups in total. The molecule has 0 aliphatic heterocycles. The molecule has 3 rings (SSSR count). The lowest BCUT2D eigenvalue weighted by atomic mass is 10.3. The van der Waals surface area contributed by atoms with Crippen LogP contribution in [0.15, 0.2) is 36.4 Å². The van der Waals surface area contributed by atoms with Crippen molar-refractivity contribution in [1.29, 1.82) is 0 Å². The highest BCUT2D eigenvalue weighted by Gasteiger charge is 2.07. The third kappa shape index (κ3) is 3.46. The van der Waals surface area contributed by atoms with Gasteiger partial charge in [0.2, 0.25) is 5.95 Å². The van der Waals surface area contributed by atoms with Crippen LogP contribution in [0.3, 0.4) is 0 Å². The van der Waals surface area contributed by atoms with Crippen molar-refractivity contribution in [3.8, 4) is 5.75 Å². The van der Waals surface area contributed by atoms with E-state index in [0.717, 1.165) is 17.0 Å². The molecule has 5 nitrogen and oxygen atoms in total. The lowest BCUT2D eigenvalue weighted by Crippen LogP contribution is -2.14. The third-order valence-corrected chi connectivity index (χ3v) is 4.19. The number of benzene rings is 2. The Balaban J connectivity index is 1.60. The molecule has 0 atom stereocenters. The van der Waals surface area contributed by atoms with E-state index in [9.17, 15) is 0 Å². The molecule has 0 unspecified atom stereocenters. The Labute approximate surface area is 144 Å². The highest BCUT2D eigenvalue weighted by atomic mass is 35.5. The maximum atomic E-state index is 5.95. The molecule has 0 radical (unpaired) electrons. The van der Waals surface area contributed by atoms with Gasteiger partial charge in [-0.2, -0.15) is 0 Å². The summed E-state index contributed by atoms with van der Waals surface area (Å²) in [6.07, 6.45) is 0. The highest BCUT2D eigenvalue weighted by Crippen LogP contribution is 2.26. The summed E-state index contributed by atoms with van der Waals surface area (Å²) in [6.45, 7) is 1.08. The average Bonchev–Trinajstić information content (AvgIpc) is 2.83. The number of imidazole rings is 1. The van der Waals surface area contributed by atoms with Gasteiger partial charge in [-0.25, -0.2) is 4.98 Å². The van der Waals surface area contributed by atoms with Crippen LogP contribution in [-0.2, 0) is 7.05 Å². The quantitative estimate of drug-likeness (QED) is 0.540. The number of rotatable bonds is 5. The molecule has 23 heavy (non-hydrogen) atoms. The molecule has 0 saturated heterocycles. The van der Waals surface area contributed by atoms with Crippen molar-refractivity contribution in [2.75, 3.05) is 24.2 Å². The number of nitrogens with one attached hydrogen (secondary N) is 1. The standard InChI is InChI=1S/C16H16Cl2N4O/c1-22-15-5-2-10(19)8-14(15)21-16(22)20-6-7-23-11-3-4-12(17)13(18)9-11/h2-5,8-9H,6-7,19H2,1H3,(H,20,21). The Hall–Kier alpha value is -2.11. The summed E-state index contributed by atoms with van der Waals surface area (Å²) in [4.78, 5) is 4.52. The molecule has 0 amide bonds. The number of aromatic nitrogens is 2. The van der Waals surface area contributed by atoms with Crippen molar-refractivity contribution in [3.05, 3.63) is 46.4 Å². The van der Waals surface area contributed by atoms with Crippen LogP contribution in [0.1, 0.15) is 0 Å². The molecule has 0 fully saturated rings. The van der Waals surface area contributed by atoms with Crippen molar-refractivity contribution >= 4 is 45.9 Å². The topological polar surface area (TPSA) is 65.1 Å². The van der Waals surface area contributed by atoms with Crippen LogP contribution in [-0.4, -0.2) is 22.7 Å². The molecular formula is C16H16Cl2N4O. The Bertz CT molecular complexity index is 847. The summed E-state index contributed by atoms with van der Waals surface area (Å²) < 4.78 is 7.61. The summed E-state index contributed by atoms with van der Waals surface area (Å²) in [5, 5.41) is 4.23. The molecule has 0 saturated carbocycles. The molecule has 3 aromatic rings. The zero-order chi connectivity index (χ0) is 16.4. The molecule has 7 heteroatoms. The van der Waals surface area contributed by atoms with E-state index < -0.39 is 0 Å². The molecule has 2 aromatic carbocycles. The number of nitrogen functional groups attached to an aromatic ring is 1. The number of fused-ring (bicyclic) bond motifs is 1. The van der Waals surface area contributed by atoms with Gasteiger partial charge < -0.3 is 20.4 Å². The summed E-state index contributed by atoms with van der Waals surface area (Å²) >= 11 is 11.8. The van der Waals surface area contributed by atoms with Crippen LogP contribution in [0, 0.1) is 0 Å². The molecule has 0 bridgehead atoms. The van der Waals surface area contributed by atoms with Crippen molar-refractivity contribution in [2.45, 2.75) is 0 Å². The van der Waals surface area contributed by atoms with Crippen molar-refractivity contribution < 1.29 is 4.74 Å². The molecule has 1 aromatic heterocycles. The Morgan fingerprint density at radius 3 is 2.78 bits per heavy atom. The first-order valence-electron chi connectivity index (χ1n) is 7.08. The van der Waals surface area contributed by atoms with Gasteiger partial charge in [0.05, 0.1) is 27.6 Å². The number of hydrogen-bond acceptors (Lipinski definition) is 4. The van der Waals surface area contributed by atoms with Gasteiger partial charge in [-0.15, -0.1) is 0 Å². The van der Waals surface area contributed by atoms with E-state index in [-0.39, 0.29) is 0 Å². The maximum Gasteiger partial charge on any atom is 0.203 e. The van der Waals surface area contributed by atoms with Crippen LogP contribution in [0.2, 0.25) is 10.0 Å². The van der Waals surface area contributed by atoms with Gasteiger partial charge in [-0.05, 0) is 30.3 Å². The number of anilines is 2. The predicted octanol–water partition coefficient (Wildman–Crippen LogP) is 3.95. The first-order valence-corrected chi connectivity index (χ1v) is 7.84. The Kier molecular flexibility index (Phi) is 4.50. The fourth-order valence-corrected chi connectivity index (χ4v) is 2.56. The van der Waals surface area contributed by atoms with Gasteiger partial charge in [-0.3, -0.25) is 0 Å². The second-order valence-electron chi connectivity index (χ2n) is 5.09. The monoisotopic (exact) mass is 350 g/mol.